The molecule has 1 saturated carbocycles. The van der Waals surface area contributed by atoms with Gasteiger partial charge in [0.1, 0.15) is 5.82 Å². The lowest BCUT2D eigenvalue weighted by Crippen LogP contribution is -2.50. The topological polar surface area (TPSA) is 97.1 Å². The molecule has 144 valence electrons. The number of amides is 2. The second-order valence-corrected chi connectivity index (χ2v) is 7.60. The number of halogens is 2. The van der Waals surface area contributed by atoms with Crippen LogP contribution < -0.4 is 16.4 Å². The number of pyridine rings is 1. The number of fused-ring (bicyclic) bond motifs is 1. The highest BCUT2D eigenvalue weighted by atomic mass is 32.1. The quantitative estimate of drug-likeness (QED) is 0.620. The van der Waals surface area contributed by atoms with Gasteiger partial charge in [0, 0.05) is 40.5 Å². The van der Waals surface area contributed by atoms with Crippen molar-refractivity contribution in [2.45, 2.75) is 24.8 Å². The third kappa shape index (κ3) is 3.53. The molecule has 0 atom stereocenters. The van der Waals surface area contributed by atoms with E-state index in [1.165, 1.54) is 23.6 Å². The smallest absolute Gasteiger partial charge is 0.257 e. The summed E-state index contributed by atoms with van der Waals surface area (Å²) in [4.78, 5) is 28.9. The molecule has 6 nitrogen and oxygen atoms in total. The first-order valence-corrected chi connectivity index (χ1v) is 9.42. The molecule has 28 heavy (non-hydrogen) atoms. The lowest BCUT2D eigenvalue weighted by Gasteiger charge is -2.35. The minimum atomic E-state index is -2.72. The number of nitrogens with two attached hydrogens (primary N) is 1. The fourth-order valence-electron chi connectivity index (χ4n) is 3.07. The number of anilines is 2. The monoisotopic (exact) mass is 402 g/mol. The largest absolute Gasteiger partial charge is 0.382 e. The van der Waals surface area contributed by atoms with Crippen molar-refractivity contribution in [3.63, 3.8) is 0 Å². The molecule has 0 spiro atoms. The predicted octanol–water partition coefficient (Wildman–Crippen LogP) is 3.66. The number of rotatable bonds is 4. The average molecular weight is 402 g/mol. The molecule has 9 heteroatoms. The molecule has 2 heterocycles. The molecule has 1 aliphatic rings. The van der Waals surface area contributed by atoms with E-state index in [0.717, 1.165) is 10.1 Å². The molecular formula is C19H16F2N4O2S. The lowest BCUT2D eigenvalue weighted by atomic mass is 9.88. The Morgan fingerprint density at radius 3 is 2.71 bits per heavy atom. The van der Waals surface area contributed by atoms with Crippen molar-refractivity contribution in [2.75, 3.05) is 11.1 Å². The SMILES string of the molecule is Nc1ncc(C(=O)NC2CC(F)(F)C2)cc1NC(=O)c1csc2ccccc12. The Labute approximate surface area is 162 Å². The summed E-state index contributed by atoms with van der Waals surface area (Å²) in [6.45, 7) is 0. The van der Waals surface area contributed by atoms with Crippen molar-refractivity contribution >= 4 is 44.7 Å². The van der Waals surface area contributed by atoms with E-state index in [0.29, 0.717) is 5.56 Å². The molecule has 2 amide bonds. The Morgan fingerprint density at radius 2 is 1.96 bits per heavy atom. The van der Waals surface area contributed by atoms with E-state index in [-0.39, 0.29) is 35.8 Å². The molecule has 1 aromatic carbocycles. The van der Waals surface area contributed by atoms with Crippen LogP contribution in [0.25, 0.3) is 10.1 Å². The van der Waals surface area contributed by atoms with Gasteiger partial charge in [-0.15, -0.1) is 11.3 Å². The molecule has 1 aliphatic carbocycles. The van der Waals surface area contributed by atoms with Crippen LogP contribution >= 0.6 is 11.3 Å². The van der Waals surface area contributed by atoms with Gasteiger partial charge in [-0.05, 0) is 12.1 Å². The van der Waals surface area contributed by atoms with Gasteiger partial charge in [-0.1, -0.05) is 18.2 Å². The number of carbonyl (C=O) groups excluding carboxylic acids is 2. The number of carbonyl (C=O) groups is 2. The zero-order valence-electron chi connectivity index (χ0n) is 14.5. The Kier molecular flexibility index (Phi) is 4.46. The summed E-state index contributed by atoms with van der Waals surface area (Å²) >= 11 is 1.45. The normalized spacial score (nSPS) is 15.8. The zero-order valence-corrected chi connectivity index (χ0v) is 15.4. The van der Waals surface area contributed by atoms with Gasteiger partial charge in [-0.25, -0.2) is 13.8 Å². The Balaban J connectivity index is 1.51. The van der Waals surface area contributed by atoms with Crippen molar-refractivity contribution in [2.24, 2.45) is 0 Å². The summed E-state index contributed by atoms with van der Waals surface area (Å²) in [6.07, 6.45) is 0.489. The number of hydrogen-bond acceptors (Lipinski definition) is 5. The standard InChI is InChI=1S/C19H16F2N4O2S/c20-19(21)6-11(7-19)24-17(26)10-5-14(16(22)23-8-10)25-18(27)13-9-28-15-4-2-1-3-12(13)15/h1-5,8-9,11H,6-7H2,(H2,22,23)(H,24,26)(H,25,27). The highest BCUT2D eigenvalue weighted by molar-refractivity contribution is 7.17. The number of nitrogens with zero attached hydrogens (tertiary/aromatic N) is 1. The number of alkyl halides is 2. The predicted molar refractivity (Wildman–Crippen MR) is 104 cm³/mol. The molecule has 0 radical (unpaired) electrons. The van der Waals surface area contributed by atoms with Crippen LogP contribution in [0.4, 0.5) is 20.3 Å². The molecule has 1 fully saturated rings. The molecule has 2 aromatic heterocycles. The summed E-state index contributed by atoms with van der Waals surface area (Å²) in [5, 5.41) is 7.77. The van der Waals surface area contributed by atoms with Crippen molar-refractivity contribution in [3.8, 4) is 0 Å². The van der Waals surface area contributed by atoms with Crippen LogP contribution in [0.5, 0.6) is 0 Å². The Bertz CT molecular complexity index is 1070. The number of hydrogen-bond donors (Lipinski definition) is 3. The fourth-order valence-corrected chi connectivity index (χ4v) is 4.02. The third-order valence-corrected chi connectivity index (χ3v) is 5.54. The molecule has 0 saturated heterocycles. The second-order valence-electron chi connectivity index (χ2n) is 6.69. The molecule has 0 unspecified atom stereocenters. The number of benzene rings is 1. The van der Waals surface area contributed by atoms with Gasteiger partial charge in [-0.2, -0.15) is 0 Å². The zero-order chi connectivity index (χ0) is 19.9. The van der Waals surface area contributed by atoms with Gasteiger partial charge in [0.25, 0.3) is 17.7 Å². The minimum Gasteiger partial charge on any atom is -0.382 e. The summed E-state index contributed by atoms with van der Waals surface area (Å²) in [7, 11) is 0. The summed E-state index contributed by atoms with van der Waals surface area (Å²) in [5.41, 5.74) is 6.64. The van der Waals surface area contributed by atoms with Gasteiger partial charge in [0.2, 0.25) is 0 Å². The van der Waals surface area contributed by atoms with Crippen LogP contribution in [0.3, 0.4) is 0 Å². The van der Waals surface area contributed by atoms with E-state index in [1.807, 2.05) is 24.3 Å². The maximum Gasteiger partial charge on any atom is 0.257 e. The number of aromatic nitrogens is 1. The van der Waals surface area contributed by atoms with Gasteiger partial charge < -0.3 is 16.4 Å². The highest BCUT2D eigenvalue weighted by Gasteiger charge is 2.46. The van der Waals surface area contributed by atoms with Crippen LogP contribution in [0.15, 0.2) is 41.9 Å². The lowest BCUT2D eigenvalue weighted by molar-refractivity contribution is -0.0901. The number of thiophene rings is 1. The van der Waals surface area contributed by atoms with Gasteiger partial charge in [0.15, 0.2) is 0 Å². The molecule has 4 rings (SSSR count). The van der Waals surface area contributed by atoms with E-state index in [1.54, 1.807) is 5.38 Å². The molecule has 0 bridgehead atoms. The number of nitrogen functional groups attached to an aromatic ring is 1. The van der Waals surface area contributed by atoms with Crippen LogP contribution in [0, 0.1) is 0 Å². The van der Waals surface area contributed by atoms with Gasteiger partial charge >= 0.3 is 0 Å². The minimum absolute atomic E-state index is 0.0552. The summed E-state index contributed by atoms with van der Waals surface area (Å²) in [6, 6.07) is 8.32. The maximum atomic E-state index is 12.9. The Morgan fingerprint density at radius 1 is 1.21 bits per heavy atom. The van der Waals surface area contributed by atoms with E-state index >= 15 is 0 Å². The first kappa shape index (κ1) is 18.3. The van der Waals surface area contributed by atoms with E-state index in [2.05, 4.69) is 15.6 Å². The van der Waals surface area contributed by atoms with Crippen molar-refractivity contribution in [1.29, 1.82) is 0 Å². The van der Waals surface area contributed by atoms with E-state index < -0.39 is 17.9 Å². The molecule has 4 N–H and O–H groups in total. The Hall–Kier alpha value is -3.07. The van der Waals surface area contributed by atoms with Crippen LogP contribution in [0.1, 0.15) is 33.6 Å². The fraction of sp³-hybridized carbons (Fsp3) is 0.211. The van der Waals surface area contributed by atoms with Crippen LogP contribution in [-0.4, -0.2) is 28.8 Å². The van der Waals surface area contributed by atoms with E-state index in [9.17, 15) is 18.4 Å². The number of nitrogens with one attached hydrogen (secondary N) is 2. The maximum absolute atomic E-state index is 12.9. The van der Waals surface area contributed by atoms with Crippen molar-refractivity contribution in [1.82, 2.24) is 10.3 Å². The second kappa shape index (κ2) is 6.83. The average Bonchev–Trinajstić information content (AvgIpc) is 3.06. The highest BCUT2D eigenvalue weighted by Crippen LogP contribution is 2.37. The molecular weight excluding hydrogens is 386 g/mol. The molecule has 3 aromatic rings. The van der Waals surface area contributed by atoms with Gasteiger partial charge in [0.05, 0.1) is 16.8 Å². The summed E-state index contributed by atoms with van der Waals surface area (Å²) < 4.78 is 26.8. The first-order valence-electron chi connectivity index (χ1n) is 8.54. The van der Waals surface area contributed by atoms with Crippen molar-refractivity contribution in [3.05, 3.63) is 53.0 Å². The molecule has 0 aliphatic heterocycles. The van der Waals surface area contributed by atoms with Gasteiger partial charge in [-0.3, -0.25) is 9.59 Å². The first-order chi connectivity index (χ1) is 13.3. The van der Waals surface area contributed by atoms with Crippen LogP contribution in [0.2, 0.25) is 0 Å². The third-order valence-electron chi connectivity index (χ3n) is 4.58. The van der Waals surface area contributed by atoms with E-state index in [4.69, 9.17) is 5.73 Å². The van der Waals surface area contributed by atoms with Crippen molar-refractivity contribution < 1.29 is 18.4 Å². The van der Waals surface area contributed by atoms with Crippen LogP contribution in [-0.2, 0) is 0 Å². The summed E-state index contributed by atoms with van der Waals surface area (Å²) in [5.74, 6) is -3.58.